The summed E-state index contributed by atoms with van der Waals surface area (Å²) in [5.74, 6) is 0. The minimum Gasteiger partial charge on any atom is -0.310 e. The highest BCUT2D eigenvalue weighted by Gasteiger charge is 2.52. The molecule has 10 aromatic rings. The van der Waals surface area contributed by atoms with Crippen molar-refractivity contribution in [3.05, 3.63) is 222 Å². The molecule has 10 aromatic carbocycles. The van der Waals surface area contributed by atoms with Crippen LogP contribution in [-0.4, -0.2) is 0 Å². The molecule has 0 aromatic heterocycles. The summed E-state index contributed by atoms with van der Waals surface area (Å²) in [6.07, 6.45) is 0. The Balaban J connectivity index is 1.22. The van der Waals surface area contributed by atoms with Crippen molar-refractivity contribution in [2.75, 3.05) is 4.90 Å². The van der Waals surface area contributed by atoms with E-state index in [1.165, 1.54) is 99.0 Å². The normalized spacial score (nSPS) is 13.7. The zero-order chi connectivity index (χ0) is 35.4. The number of benzene rings is 10. The molecular weight excluding hydrogens is 651 g/mol. The number of nitrogens with zero attached hydrogens (tertiary/aromatic N) is 1. The number of fused-ring (bicyclic) bond motifs is 17. The van der Waals surface area contributed by atoms with Crippen LogP contribution in [0, 0.1) is 0 Å². The van der Waals surface area contributed by atoms with Gasteiger partial charge in [0.1, 0.15) is 0 Å². The van der Waals surface area contributed by atoms with Crippen LogP contribution in [0.2, 0.25) is 0 Å². The van der Waals surface area contributed by atoms with Gasteiger partial charge in [-0.3, -0.25) is 0 Å². The first-order chi connectivity index (χ1) is 26.8. The Morgan fingerprint density at radius 2 is 0.778 bits per heavy atom. The monoisotopic (exact) mass is 683 g/mol. The summed E-state index contributed by atoms with van der Waals surface area (Å²) in [5.41, 5.74) is 13.5. The summed E-state index contributed by atoms with van der Waals surface area (Å²) in [6, 6.07) is 74.7. The Kier molecular flexibility index (Phi) is 6.04. The van der Waals surface area contributed by atoms with Crippen LogP contribution in [0.3, 0.4) is 0 Å². The average Bonchev–Trinajstić information content (AvgIpc) is 3.54. The summed E-state index contributed by atoms with van der Waals surface area (Å²) in [7, 11) is 0. The molecule has 1 heterocycles. The molecule has 1 spiro atoms. The van der Waals surface area contributed by atoms with Crippen molar-refractivity contribution in [2.24, 2.45) is 0 Å². The number of rotatable bonds is 2. The molecule has 250 valence electrons. The van der Waals surface area contributed by atoms with Crippen molar-refractivity contribution >= 4 is 60.2 Å². The minimum atomic E-state index is -0.525. The molecular formula is C53H33N. The number of hydrogen-bond acceptors (Lipinski definition) is 1. The summed E-state index contributed by atoms with van der Waals surface area (Å²) >= 11 is 0. The van der Waals surface area contributed by atoms with Crippen molar-refractivity contribution in [3.8, 4) is 22.3 Å². The maximum Gasteiger partial charge on any atom is 0.0754 e. The molecule has 0 radical (unpaired) electrons. The van der Waals surface area contributed by atoms with Gasteiger partial charge in [-0.15, -0.1) is 0 Å². The number of anilines is 3. The molecule has 0 N–H and O–H groups in total. The van der Waals surface area contributed by atoms with E-state index in [4.69, 9.17) is 0 Å². The Morgan fingerprint density at radius 3 is 1.43 bits per heavy atom. The van der Waals surface area contributed by atoms with Crippen LogP contribution in [0.15, 0.2) is 200 Å². The van der Waals surface area contributed by atoms with Gasteiger partial charge in [-0.1, -0.05) is 164 Å². The smallest absolute Gasteiger partial charge is 0.0754 e. The molecule has 0 atom stereocenters. The van der Waals surface area contributed by atoms with Gasteiger partial charge in [-0.05, 0) is 124 Å². The number of para-hydroxylation sites is 3. The third-order valence-corrected chi connectivity index (χ3v) is 12.2. The highest BCUT2D eigenvalue weighted by molar-refractivity contribution is 6.26. The predicted octanol–water partition coefficient (Wildman–Crippen LogP) is 14.1. The lowest BCUT2D eigenvalue weighted by Crippen LogP contribution is -2.36. The van der Waals surface area contributed by atoms with E-state index in [2.05, 4.69) is 205 Å². The molecule has 1 nitrogen and oxygen atoms in total. The van der Waals surface area contributed by atoms with E-state index in [-0.39, 0.29) is 0 Å². The standard InChI is InChI=1S/C53H33N/c1-2-16-35(17-3-1)54-50-28-14-12-26-47(50)53(48-27-13-15-29-51(48)54)46-25-11-10-24-43(46)52-42-23-9-8-22-40(42)44(33-49(52)53)34-30-31-41-38-20-5-4-18-36(38)37-19-6-7-21-39(37)45(41)32-34/h1-33H. The quantitative estimate of drug-likeness (QED) is 0.164. The van der Waals surface area contributed by atoms with Gasteiger partial charge in [0.05, 0.1) is 16.8 Å². The molecule has 1 heteroatoms. The third-order valence-electron chi connectivity index (χ3n) is 12.2. The lowest BCUT2D eigenvalue weighted by atomic mass is 9.64. The van der Waals surface area contributed by atoms with Crippen LogP contribution in [0.4, 0.5) is 17.1 Å². The van der Waals surface area contributed by atoms with Gasteiger partial charge in [0.15, 0.2) is 0 Å². The Morgan fingerprint density at radius 1 is 0.296 bits per heavy atom. The molecule has 1 aliphatic heterocycles. The fourth-order valence-corrected chi connectivity index (χ4v) is 10.1. The second-order valence-electron chi connectivity index (χ2n) is 14.7. The topological polar surface area (TPSA) is 3.24 Å². The van der Waals surface area contributed by atoms with Crippen molar-refractivity contribution in [1.29, 1.82) is 0 Å². The van der Waals surface area contributed by atoms with E-state index < -0.39 is 5.41 Å². The summed E-state index contributed by atoms with van der Waals surface area (Å²) in [4.78, 5) is 2.46. The van der Waals surface area contributed by atoms with E-state index in [0.29, 0.717) is 0 Å². The molecule has 0 fully saturated rings. The lowest BCUT2D eigenvalue weighted by Gasteiger charge is -2.45. The van der Waals surface area contributed by atoms with Crippen LogP contribution < -0.4 is 4.90 Å². The van der Waals surface area contributed by atoms with Gasteiger partial charge in [0.25, 0.3) is 0 Å². The molecule has 0 amide bonds. The van der Waals surface area contributed by atoms with E-state index in [1.807, 2.05) is 0 Å². The average molecular weight is 684 g/mol. The maximum atomic E-state index is 2.55. The summed E-state index contributed by atoms with van der Waals surface area (Å²) in [6.45, 7) is 0. The van der Waals surface area contributed by atoms with Gasteiger partial charge in [-0.2, -0.15) is 0 Å². The maximum absolute atomic E-state index is 2.55. The van der Waals surface area contributed by atoms with Crippen LogP contribution in [0.5, 0.6) is 0 Å². The molecule has 12 rings (SSSR count). The van der Waals surface area contributed by atoms with Crippen LogP contribution >= 0.6 is 0 Å². The minimum absolute atomic E-state index is 0.525. The molecule has 1 aliphatic carbocycles. The van der Waals surface area contributed by atoms with Gasteiger partial charge < -0.3 is 4.90 Å². The first-order valence-electron chi connectivity index (χ1n) is 18.9. The molecule has 0 saturated heterocycles. The Bertz CT molecular complexity index is 3090. The SMILES string of the molecule is c1ccc(N2c3ccccc3C3(c4ccccc4-c4c3cc(-c3ccc5c6ccccc6c6ccccc6c5c3)c3ccccc43)c3ccccc32)cc1. The van der Waals surface area contributed by atoms with Gasteiger partial charge in [-0.25, -0.2) is 0 Å². The van der Waals surface area contributed by atoms with Crippen LogP contribution in [0.25, 0.3) is 65.3 Å². The highest BCUT2D eigenvalue weighted by atomic mass is 15.2. The van der Waals surface area contributed by atoms with E-state index in [9.17, 15) is 0 Å². The molecule has 0 saturated carbocycles. The Hall–Kier alpha value is -6.96. The fourth-order valence-electron chi connectivity index (χ4n) is 10.1. The van der Waals surface area contributed by atoms with Crippen molar-refractivity contribution < 1.29 is 0 Å². The van der Waals surface area contributed by atoms with Crippen LogP contribution in [-0.2, 0) is 5.41 Å². The second kappa shape index (κ2) is 11.0. The van der Waals surface area contributed by atoms with E-state index >= 15 is 0 Å². The Labute approximate surface area is 314 Å². The zero-order valence-electron chi connectivity index (χ0n) is 29.5. The van der Waals surface area contributed by atoms with Gasteiger partial charge in [0.2, 0.25) is 0 Å². The van der Waals surface area contributed by atoms with Gasteiger partial charge in [0, 0.05) is 5.69 Å². The van der Waals surface area contributed by atoms with Crippen LogP contribution in [0.1, 0.15) is 22.3 Å². The van der Waals surface area contributed by atoms with E-state index in [0.717, 1.165) is 5.69 Å². The van der Waals surface area contributed by atoms with Crippen molar-refractivity contribution in [2.45, 2.75) is 5.41 Å². The largest absolute Gasteiger partial charge is 0.310 e. The molecule has 54 heavy (non-hydrogen) atoms. The number of hydrogen-bond donors (Lipinski definition) is 0. The first-order valence-corrected chi connectivity index (χ1v) is 18.9. The van der Waals surface area contributed by atoms with Crippen molar-refractivity contribution in [1.82, 2.24) is 0 Å². The molecule has 0 unspecified atom stereocenters. The predicted molar refractivity (Wildman–Crippen MR) is 227 cm³/mol. The third kappa shape index (κ3) is 3.78. The molecule has 0 bridgehead atoms. The fraction of sp³-hybridized carbons (Fsp3) is 0.0189. The van der Waals surface area contributed by atoms with Gasteiger partial charge >= 0.3 is 0 Å². The van der Waals surface area contributed by atoms with Crippen molar-refractivity contribution in [3.63, 3.8) is 0 Å². The summed E-state index contributed by atoms with van der Waals surface area (Å²) < 4.78 is 0. The highest BCUT2D eigenvalue weighted by Crippen LogP contribution is 2.64. The first kappa shape index (κ1) is 29.6. The second-order valence-corrected chi connectivity index (χ2v) is 14.7. The lowest BCUT2D eigenvalue weighted by molar-refractivity contribution is 0.753. The summed E-state index contributed by atoms with van der Waals surface area (Å²) in [5, 5.41) is 10.3. The zero-order valence-corrected chi connectivity index (χ0v) is 29.5. The molecule has 2 aliphatic rings. The van der Waals surface area contributed by atoms with E-state index in [1.54, 1.807) is 0 Å².